The maximum Gasteiger partial charge on any atom is 0.0705 e. The van der Waals surface area contributed by atoms with Crippen LogP contribution in [0.1, 0.15) is 5.56 Å². The molecule has 0 saturated heterocycles. The summed E-state index contributed by atoms with van der Waals surface area (Å²) in [5.74, 6) is 0. The van der Waals surface area contributed by atoms with Gasteiger partial charge in [-0.05, 0) is 41.1 Å². The van der Waals surface area contributed by atoms with Crippen molar-refractivity contribution in [3.05, 3.63) is 51.7 Å². The highest BCUT2D eigenvalue weighted by Gasteiger charge is 2.00. The van der Waals surface area contributed by atoms with Crippen LogP contribution in [0.4, 0.5) is 0 Å². The van der Waals surface area contributed by atoms with Gasteiger partial charge in [-0.1, -0.05) is 30.3 Å². The summed E-state index contributed by atoms with van der Waals surface area (Å²) in [6, 6.07) is 12.4. The van der Waals surface area contributed by atoms with Crippen LogP contribution >= 0.6 is 22.6 Å². The molecule has 14 heavy (non-hydrogen) atoms. The van der Waals surface area contributed by atoms with Gasteiger partial charge in [0.1, 0.15) is 0 Å². The minimum Gasteiger partial charge on any atom is -0.255 e. The van der Waals surface area contributed by atoms with Crippen LogP contribution < -0.4 is 0 Å². The van der Waals surface area contributed by atoms with Gasteiger partial charge in [-0.15, -0.1) is 0 Å². The molecule has 1 aromatic carbocycles. The van der Waals surface area contributed by atoms with E-state index in [0.717, 1.165) is 5.69 Å². The lowest BCUT2D eigenvalue weighted by Gasteiger charge is -2.02. The van der Waals surface area contributed by atoms with E-state index in [4.69, 9.17) is 0 Å². The first kappa shape index (κ1) is 9.65. The number of aromatic nitrogens is 1. The van der Waals surface area contributed by atoms with Gasteiger partial charge in [0.2, 0.25) is 0 Å². The number of rotatable bonds is 1. The predicted molar refractivity (Wildman–Crippen MR) is 67.1 cm³/mol. The van der Waals surface area contributed by atoms with E-state index in [9.17, 15) is 0 Å². The monoisotopic (exact) mass is 295 g/mol. The molecule has 1 aromatic heterocycles. The average molecular weight is 295 g/mol. The van der Waals surface area contributed by atoms with E-state index in [2.05, 4.69) is 52.7 Å². The lowest BCUT2D eigenvalue weighted by molar-refractivity contribution is 1.26. The van der Waals surface area contributed by atoms with E-state index in [-0.39, 0.29) is 0 Å². The summed E-state index contributed by atoms with van der Waals surface area (Å²) >= 11 is 2.30. The number of benzene rings is 1. The van der Waals surface area contributed by atoms with Gasteiger partial charge in [0.05, 0.1) is 5.69 Å². The van der Waals surface area contributed by atoms with Crippen LogP contribution in [-0.4, -0.2) is 4.98 Å². The Morgan fingerprint density at radius 2 is 1.86 bits per heavy atom. The highest BCUT2D eigenvalue weighted by molar-refractivity contribution is 14.1. The van der Waals surface area contributed by atoms with Gasteiger partial charge < -0.3 is 0 Å². The van der Waals surface area contributed by atoms with Crippen molar-refractivity contribution in [2.45, 2.75) is 6.92 Å². The van der Waals surface area contributed by atoms with E-state index in [1.807, 2.05) is 24.4 Å². The molecule has 0 aliphatic rings. The first-order valence-corrected chi connectivity index (χ1v) is 5.53. The maximum atomic E-state index is 4.40. The Morgan fingerprint density at radius 1 is 1.14 bits per heavy atom. The predicted octanol–water partition coefficient (Wildman–Crippen LogP) is 3.66. The summed E-state index contributed by atoms with van der Waals surface area (Å²) in [6.45, 7) is 2.11. The van der Waals surface area contributed by atoms with Crippen LogP contribution in [0.25, 0.3) is 11.3 Å². The zero-order chi connectivity index (χ0) is 9.97. The Kier molecular flexibility index (Phi) is 2.82. The van der Waals surface area contributed by atoms with E-state index in [0.29, 0.717) is 0 Å². The maximum absolute atomic E-state index is 4.40. The van der Waals surface area contributed by atoms with Gasteiger partial charge in [0, 0.05) is 15.3 Å². The molecule has 0 saturated carbocycles. The summed E-state index contributed by atoms with van der Waals surface area (Å²) in [5, 5.41) is 0. The van der Waals surface area contributed by atoms with Crippen LogP contribution in [0.3, 0.4) is 0 Å². The smallest absolute Gasteiger partial charge is 0.0705 e. The second-order valence-electron chi connectivity index (χ2n) is 3.18. The lowest BCUT2D eigenvalue weighted by atomic mass is 10.1. The fourth-order valence-electron chi connectivity index (χ4n) is 1.31. The van der Waals surface area contributed by atoms with Gasteiger partial charge >= 0.3 is 0 Å². The summed E-state index contributed by atoms with van der Waals surface area (Å²) in [5.41, 5.74) is 3.50. The topological polar surface area (TPSA) is 12.9 Å². The molecule has 2 aromatic rings. The third-order valence-corrected chi connectivity index (χ3v) is 3.25. The quantitative estimate of drug-likeness (QED) is 0.732. The zero-order valence-corrected chi connectivity index (χ0v) is 10.0. The Morgan fingerprint density at radius 3 is 2.50 bits per heavy atom. The van der Waals surface area contributed by atoms with E-state index < -0.39 is 0 Å². The average Bonchev–Trinajstić information content (AvgIpc) is 2.23. The SMILES string of the molecule is Cc1cc(-c2ccccc2)ncc1I. The van der Waals surface area contributed by atoms with Gasteiger partial charge in [-0.3, -0.25) is 4.98 Å². The molecular weight excluding hydrogens is 285 g/mol. The zero-order valence-electron chi connectivity index (χ0n) is 7.87. The van der Waals surface area contributed by atoms with Crippen molar-refractivity contribution in [3.63, 3.8) is 0 Å². The molecular formula is C12H10IN. The van der Waals surface area contributed by atoms with Crippen LogP contribution in [0, 0.1) is 10.5 Å². The highest BCUT2D eigenvalue weighted by Crippen LogP contribution is 2.19. The molecule has 0 aliphatic heterocycles. The first-order valence-electron chi connectivity index (χ1n) is 4.45. The van der Waals surface area contributed by atoms with E-state index in [1.165, 1.54) is 14.7 Å². The van der Waals surface area contributed by atoms with Gasteiger partial charge in [-0.2, -0.15) is 0 Å². The molecule has 0 aliphatic carbocycles. The van der Waals surface area contributed by atoms with Crippen molar-refractivity contribution in [1.82, 2.24) is 4.98 Å². The number of hydrogen-bond donors (Lipinski definition) is 0. The molecule has 1 nitrogen and oxygen atoms in total. The van der Waals surface area contributed by atoms with Gasteiger partial charge in [-0.25, -0.2) is 0 Å². The van der Waals surface area contributed by atoms with Gasteiger partial charge in [0.15, 0.2) is 0 Å². The Bertz CT molecular complexity index is 437. The Balaban J connectivity index is 2.48. The molecule has 0 atom stereocenters. The van der Waals surface area contributed by atoms with Crippen molar-refractivity contribution in [2.75, 3.05) is 0 Å². The van der Waals surface area contributed by atoms with Crippen molar-refractivity contribution in [3.8, 4) is 11.3 Å². The molecule has 0 fully saturated rings. The van der Waals surface area contributed by atoms with Crippen LogP contribution in [0.15, 0.2) is 42.6 Å². The molecule has 0 N–H and O–H groups in total. The third-order valence-electron chi connectivity index (χ3n) is 2.12. The van der Waals surface area contributed by atoms with Crippen LogP contribution in [-0.2, 0) is 0 Å². The largest absolute Gasteiger partial charge is 0.255 e. The van der Waals surface area contributed by atoms with Crippen LogP contribution in [0.2, 0.25) is 0 Å². The lowest BCUT2D eigenvalue weighted by Crippen LogP contribution is -1.87. The van der Waals surface area contributed by atoms with E-state index >= 15 is 0 Å². The summed E-state index contributed by atoms with van der Waals surface area (Å²) in [7, 11) is 0. The second-order valence-corrected chi connectivity index (χ2v) is 4.35. The fourth-order valence-corrected chi connectivity index (χ4v) is 1.60. The molecule has 1 heterocycles. The number of nitrogens with zero attached hydrogens (tertiary/aromatic N) is 1. The van der Waals surface area contributed by atoms with E-state index in [1.54, 1.807) is 0 Å². The third kappa shape index (κ3) is 1.95. The molecule has 0 amide bonds. The van der Waals surface area contributed by atoms with Crippen molar-refractivity contribution < 1.29 is 0 Å². The summed E-state index contributed by atoms with van der Waals surface area (Å²) in [6.07, 6.45) is 1.91. The second kappa shape index (κ2) is 4.09. The fraction of sp³-hybridized carbons (Fsp3) is 0.0833. The molecule has 70 valence electrons. The standard InChI is InChI=1S/C12H10IN/c1-9-7-12(14-8-11(9)13)10-5-3-2-4-6-10/h2-8H,1H3. The number of pyridine rings is 1. The van der Waals surface area contributed by atoms with Crippen molar-refractivity contribution in [2.24, 2.45) is 0 Å². The number of hydrogen-bond acceptors (Lipinski definition) is 1. The molecule has 2 heteroatoms. The number of aryl methyl sites for hydroxylation is 1. The first-order chi connectivity index (χ1) is 6.77. The normalized spacial score (nSPS) is 10.1. The van der Waals surface area contributed by atoms with Crippen molar-refractivity contribution >= 4 is 22.6 Å². The highest BCUT2D eigenvalue weighted by atomic mass is 127. The molecule has 2 rings (SSSR count). The van der Waals surface area contributed by atoms with Crippen LogP contribution in [0.5, 0.6) is 0 Å². The van der Waals surface area contributed by atoms with Gasteiger partial charge in [0.25, 0.3) is 0 Å². The van der Waals surface area contributed by atoms with Crippen molar-refractivity contribution in [1.29, 1.82) is 0 Å². The molecule has 0 spiro atoms. The number of halogens is 1. The molecule has 0 bridgehead atoms. The summed E-state index contributed by atoms with van der Waals surface area (Å²) < 4.78 is 1.21. The Labute approximate surface area is 97.3 Å². The minimum absolute atomic E-state index is 1.04. The molecule has 0 unspecified atom stereocenters. The summed E-state index contributed by atoms with van der Waals surface area (Å²) in [4.78, 5) is 4.40. The Hall–Kier alpha value is -0.900. The molecule has 0 radical (unpaired) electrons. The minimum atomic E-state index is 1.04.